The van der Waals surface area contributed by atoms with Gasteiger partial charge in [-0.2, -0.15) is 0 Å². The van der Waals surface area contributed by atoms with Crippen LogP contribution in [-0.2, 0) is 14.3 Å². The van der Waals surface area contributed by atoms with Crippen molar-refractivity contribution in [3.05, 3.63) is 0 Å². The summed E-state index contributed by atoms with van der Waals surface area (Å²) in [7, 11) is 1.41. The van der Waals surface area contributed by atoms with Gasteiger partial charge in [-0.15, -0.1) is 0 Å². The third-order valence-corrected chi connectivity index (χ3v) is 3.71. The number of methoxy groups -OCH3 is 1. The van der Waals surface area contributed by atoms with Crippen molar-refractivity contribution in [1.29, 1.82) is 0 Å². The highest BCUT2D eigenvalue weighted by atomic mass is 16.5. The minimum atomic E-state index is -0.221. The first-order valence-electron chi connectivity index (χ1n) is 6.81. The maximum Gasteiger partial charge on any atom is 0.323 e. The predicted octanol–water partition coefficient (Wildman–Crippen LogP) is 0.540. The third-order valence-electron chi connectivity index (χ3n) is 3.71. The monoisotopic (exact) mass is 254 g/mol. The van der Waals surface area contributed by atoms with Crippen LogP contribution in [0, 0.1) is 5.92 Å². The average Bonchev–Trinajstić information content (AvgIpc) is 3.06. The van der Waals surface area contributed by atoms with Crippen LogP contribution in [0.2, 0.25) is 0 Å². The maximum atomic E-state index is 11.8. The molecule has 0 aromatic rings. The zero-order valence-corrected chi connectivity index (χ0v) is 11.0. The summed E-state index contributed by atoms with van der Waals surface area (Å²) in [6, 6.07) is -0.221. The van der Waals surface area contributed by atoms with Crippen molar-refractivity contribution in [3.63, 3.8) is 0 Å². The van der Waals surface area contributed by atoms with Gasteiger partial charge < -0.3 is 15.0 Å². The van der Waals surface area contributed by atoms with Gasteiger partial charge in [-0.25, -0.2) is 0 Å². The first kappa shape index (κ1) is 13.3. The average molecular weight is 254 g/mol. The zero-order valence-electron chi connectivity index (χ0n) is 11.0. The molecule has 2 fully saturated rings. The number of likely N-dealkylation sites (tertiary alicyclic amines) is 1. The lowest BCUT2D eigenvalue weighted by Gasteiger charge is -2.18. The Hall–Kier alpha value is -1.10. The molecule has 5 heteroatoms. The Kier molecular flexibility index (Phi) is 4.58. The van der Waals surface area contributed by atoms with Crippen LogP contribution in [0.15, 0.2) is 0 Å². The summed E-state index contributed by atoms with van der Waals surface area (Å²) in [6.07, 6.45) is 4.86. The summed E-state index contributed by atoms with van der Waals surface area (Å²) in [5, 5.41) is 3.16. The highest BCUT2D eigenvalue weighted by molar-refractivity contribution is 5.78. The van der Waals surface area contributed by atoms with Crippen LogP contribution in [-0.4, -0.2) is 49.6 Å². The normalized spacial score (nSPS) is 20.8. The maximum absolute atomic E-state index is 11.8. The molecule has 1 aliphatic heterocycles. The number of hydrogen-bond donors (Lipinski definition) is 1. The molecule has 0 radical (unpaired) electrons. The first-order valence-corrected chi connectivity index (χ1v) is 6.81. The van der Waals surface area contributed by atoms with Gasteiger partial charge in [0, 0.05) is 26.1 Å². The van der Waals surface area contributed by atoms with Gasteiger partial charge in [0.15, 0.2) is 0 Å². The molecule has 1 unspecified atom stereocenters. The largest absolute Gasteiger partial charge is 0.468 e. The molecule has 2 rings (SSSR count). The minimum Gasteiger partial charge on any atom is -0.468 e. The van der Waals surface area contributed by atoms with Crippen LogP contribution >= 0.6 is 0 Å². The fraction of sp³-hybridized carbons (Fsp3) is 0.846. The van der Waals surface area contributed by atoms with Crippen LogP contribution in [0.4, 0.5) is 0 Å². The highest BCUT2D eigenvalue weighted by Crippen LogP contribution is 2.33. The zero-order chi connectivity index (χ0) is 13.0. The van der Waals surface area contributed by atoms with E-state index in [1.54, 1.807) is 0 Å². The van der Waals surface area contributed by atoms with E-state index in [2.05, 4.69) is 5.32 Å². The highest BCUT2D eigenvalue weighted by Gasteiger charge is 2.36. The molecule has 1 aliphatic carbocycles. The Morgan fingerprint density at radius 1 is 1.33 bits per heavy atom. The molecule has 18 heavy (non-hydrogen) atoms. The number of ether oxygens (including phenoxy) is 1. The summed E-state index contributed by atoms with van der Waals surface area (Å²) in [5.74, 6) is 0.393. The fourth-order valence-electron chi connectivity index (χ4n) is 2.46. The van der Waals surface area contributed by atoms with E-state index in [0.717, 1.165) is 38.8 Å². The number of rotatable bonds is 6. The molecule has 1 amide bonds. The van der Waals surface area contributed by atoms with Gasteiger partial charge in [-0.1, -0.05) is 0 Å². The second-order valence-corrected chi connectivity index (χ2v) is 5.13. The number of carbonyl (C=O) groups excluding carboxylic acids is 2. The van der Waals surface area contributed by atoms with Crippen molar-refractivity contribution in [2.24, 2.45) is 5.92 Å². The van der Waals surface area contributed by atoms with E-state index in [4.69, 9.17) is 4.74 Å². The van der Waals surface area contributed by atoms with E-state index in [9.17, 15) is 9.59 Å². The van der Waals surface area contributed by atoms with Crippen molar-refractivity contribution in [3.8, 4) is 0 Å². The number of hydrogen-bond acceptors (Lipinski definition) is 4. The molecule has 1 N–H and O–H groups in total. The number of carbonyl (C=O) groups is 2. The Morgan fingerprint density at radius 3 is 2.56 bits per heavy atom. The molecule has 5 nitrogen and oxygen atoms in total. The summed E-state index contributed by atoms with van der Waals surface area (Å²) < 4.78 is 4.77. The first-order chi connectivity index (χ1) is 8.72. The van der Waals surface area contributed by atoms with Crippen molar-refractivity contribution in [1.82, 2.24) is 10.2 Å². The number of nitrogens with zero attached hydrogens (tertiary/aromatic N) is 1. The lowest BCUT2D eigenvalue weighted by atomic mass is 10.2. The van der Waals surface area contributed by atoms with E-state index in [1.165, 1.54) is 7.11 Å². The Balaban J connectivity index is 1.69. The molecule has 1 atom stereocenters. The van der Waals surface area contributed by atoms with Crippen LogP contribution in [0.25, 0.3) is 0 Å². The quantitative estimate of drug-likeness (QED) is 0.703. The van der Waals surface area contributed by atoms with Gasteiger partial charge in [0.25, 0.3) is 0 Å². The van der Waals surface area contributed by atoms with Crippen LogP contribution in [0.5, 0.6) is 0 Å². The molecule has 1 heterocycles. The minimum absolute atomic E-state index is 0.194. The second kappa shape index (κ2) is 6.18. The lowest BCUT2D eigenvalue weighted by Crippen LogP contribution is -2.41. The fourth-order valence-corrected chi connectivity index (χ4v) is 2.46. The van der Waals surface area contributed by atoms with Gasteiger partial charge in [0.05, 0.1) is 7.11 Å². The molecule has 0 aromatic heterocycles. The topological polar surface area (TPSA) is 58.6 Å². The number of amides is 1. The molecule has 0 bridgehead atoms. The Labute approximate surface area is 108 Å². The predicted molar refractivity (Wildman–Crippen MR) is 67.0 cm³/mol. The van der Waals surface area contributed by atoms with E-state index >= 15 is 0 Å². The third kappa shape index (κ3) is 3.45. The van der Waals surface area contributed by atoms with Gasteiger partial charge in [0.2, 0.25) is 5.91 Å². The Morgan fingerprint density at radius 2 is 2.00 bits per heavy atom. The lowest BCUT2D eigenvalue weighted by molar-refractivity contribution is -0.144. The van der Waals surface area contributed by atoms with Gasteiger partial charge >= 0.3 is 5.97 Å². The van der Waals surface area contributed by atoms with Crippen LogP contribution < -0.4 is 5.32 Å². The van der Waals surface area contributed by atoms with Crippen molar-refractivity contribution >= 4 is 11.9 Å². The van der Waals surface area contributed by atoms with Crippen molar-refractivity contribution in [2.45, 2.75) is 38.1 Å². The number of nitrogens with one attached hydrogen (secondary N) is 1. The SMILES string of the molecule is COC(=O)C(NCCC(=O)N1CCCC1)C1CC1. The second-order valence-electron chi connectivity index (χ2n) is 5.13. The molecule has 0 spiro atoms. The smallest absolute Gasteiger partial charge is 0.323 e. The molecule has 1 saturated heterocycles. The van der Waals surface area contributed by atoms with Crippen LogP contribution in [0.1, 0.15) is 32.1 Å². The van der Waals surface area contributed by atoms with Crippen LogP contribution in [0.3, 0.4) is 0 Å². The van der Waals surface area contributed by atoms with E-state index in [1.807, 2.05) is 4.90 Å². The van der Waals surface area contributed by atoms with Gasteiger partial charge in [-0.3, -0.25) is 9.59 Å². The summed E-state index contributed by atoms with van der Waals surface area (Å²) in [4.78, 5) is 25.3. The van der Waals surface area contributed by atoms with Crippen molar-refractivity contribution < 1.29 is 14.3 Å². The standard InChI is InChI=1S/C13H22N2O3/c1-18-13(17)12(10-4-5-10)14-7-6-11(16)15-8-2-3-9-15/h10,12,14H,2-9H2,1H3. The van der Waals surface area contributed by atoms with Crippen molar-refractivity contribution in [2.75, 3.05) is 26.7 Å². The molecule has 2 aliphatic rings. The Bertz CT molecular complexity index is 309. The molecule has 102 valence electrons. The van der Waals surface area contributed by atoms with E-state index in [-0.39, 0.29) is 17.9 Å². The van der Waals surface area contributed by atoms with Gasteiger partial charge in [-0.05, 0) is 31.6 Å². The summed E-state index contributed by atoms with van der Waals surface area (Å²) in [5.41, 5.74) is 0. The molecular formula is C13H22N2O3. The summed E-state index contributed by atoms with van der Waals surface area (Å²) >= 11 is 0. The number of esters is 1. The van der Waals surface area contributed by atoms with E-state index < -0.39 is 0 Å². The van der Waals surface area contributed by atoms with Gasteiger partial charge in [0.1, 0.15) is 6.04 Å². The summed E-state index contributed by atoms with van der Waals surface area (Å²) in [6.45, 7) is 2.34. The molecule has 0 aromatic carbocycles. The molecular weight excluding hydrogens is 232 g/mol. The van der Waals surface area contributed by atoms with E-state index in [0.29, 0.717) is 18.9 Å². The molecule has 1 saturated carbocycles.